The minimum atomic E-state index is -1.52. The molecule has 0 bridgehead atoms. The van der Waals surface area contributed by atoms with E-state index in [1.165, 1.54) is 5.56 Å². The van der Waals surface area contributed by atoms with Crippen molar-refractivity contribution in [3.8, 4) is 0 Å². The summed E-state index contributed by atoms with van der Waals surface area (Å²) in [6, 6.07) is 10.3. The van der Waals surface area contributed by atoms with Crippen molar-refractivity contribution >= 4 is 0 Å². The highest BCUT2D eigenvalue weighted by Crippen LogP contribution is 2.30. The summed E-state index contributed by atoms with van der Waals surface area (Å²) in [5.74, 6) is -1.75. The first-order valence-corrected chi connectivity index (χ1v) is 6.21. The molecule has 2 rings (SSSR count). The van der Waals surface area contributed by atoms with Crippen LogP contribution in [-0.2, 0) is 6.54 Å². The smallest absolute Gasteiger partial charge is 0.170 e. The van der Waals surface area contributed by atoms with Crippen LogP contribution >= 0.6 is 0 Å². The fourth-order valence-corrected chi connectivity index (χ4v) is 2.57. The van der Waals surface area contributed by atoms with Gasteiger partial charge in [0.05, 0.1) is 0 Å². The Balaban J connectivity index is 2.01. The molecule has 17 heavy (non-hydrogen) atoms. The number of rotatable bonds is 2. The molecule has 1 aliphatic rings. The van der Waals surface area contributed by atoms with E-state index in [0.717, 1.165) is 19.6 Å². The largest absolute Gasteiger partial charge is 0.365 e. The van der Waals surface area contributed by atoms with E-state index in [9.17, 15) is 10.2 Å². The van der Waals surface area contributed by atoms with Crippen LogP contribution in [0.3, 0.4) is 0 Å². The molecule has 1 aromatic rings. The minimum Gasteiger partial charge on any atom is -0.365 e. The van der Waals surface area contributed by atoms with Crippen molar-refractivity contribution in [2.75, 3.05) is 13.1 Å². The van der Waals surface area contributed by atoms with E-state index < -0.39 is 5.79 Å². The standard InChI is InChI=1S/C14H21NO2/c1-11-8-15(9-12(2)14(11,16)17)10-13-6-4-3-5-7-13/h3-7,11-12,16-17H,8-10H2,1-2H3/t11-,12+. The molecule has 3 heteroatoms. The summed E-state index contributed by atoms with van der Waals surface area (Å²) in [5.41, 5.74) is 1.27. The van der Waals surface area contributed by atoms with Crippen LogP contribution in [0.2, 0.25) is 0 Å². The highest BCUT2D eigenvalue weighted by Gasteiger charge is 2.42. The predicted octanol–water partition coefficient (Wildman–Crippen LogP) is 1.46. The second-order valence-corrected chi connectivity index (χ2v) is 5.26. The van der Waals surface area contributed by atoms with E-state index >= 15 is 0 Å². The first-order chi connectivity index (χ1) is 8.00. The molecule has 0 saturated carbocycles. The highest BCUT2D eigenvalue weighted by molar-refractivity contribution is 5.14. The molecule has 1 saturated heterocycles. The van der Waals surface area contributed by atoms with Crippen LogP contribution in [0.1, 0.15) is 19.4 Å². The number of piperidine rings is 1. The highest BCUT2D eigenvalue weighted by atomic mass is 16.5. The van der Waals surface area contributed by atoms with Gasteiger partial charge < -0.3 is 10.2 Å². The van der Waals surface area contributed by atoms with Gasteiger partial charge in [-0.05, 0) is 5.56 Å². The Morgan fingerprint density at radius 3 is 2.18 bits per heavy atom. The van der Waals surface area contributed by atoms with Gasteiger partial charge in [-0.1, -0.05) is 44.2 Å². The van der Waals surface area contributed by atoms with Gasteiger partial charge in [-0.2, -0.15) is 0 Å². The van der Waals surface area contributed by atoms with Crippen molar-refractivity contribution in [2.24, 2.45) is 11.8 Å². The van der Waals surface area contributed by atoms with Crippen molar-refractivity contribution in [1.82, 2.24) is 4.90 Å². The Hall–Kier alpha value is -0.900. The quantitative estimate of drug-likeness (QED) is 0.763. The molecule has 2 N–H and O–H groups in total. The number of hydrogen-bond donors (Lipinski definition) is 2. The average molecular weight is 235 g/mol. The van der Waals surface area contributed by atoms with E-state index in [2.05, 4.69) is 17.0 Å². The molecule has 1 aromatic carbocycles. The Kier molecular flexibility index (Phi) is 3.52. The van der Waals surface area contributed by atoms with Gasteiger partial charge in [0.15, 0.2) is 5.79 Å². The Morgan fingerprint density at radius 2 is 1.65 bits per heavy atom. The molecule has 0 radical (unpaired) electrons. The van der Waals surface area contributed by atoms with Gasteiger partial charge in [-0.25, -0.2) is 0 Å². The molecule has 0 amide bonds. The fraction of sp³-hybridized carbons (Fsp3) is 0.571. The number of aliphatic hydroxyl groups is 2. The Bertz CT molecular complexity index is 350. The number of hydrogen-bond acceptors (Lipinski definition) is 3. The van der Waals surface area contributed by atoms with E-state index in [0.29, 0.717) is 0 Å². The van der Waals surface area contributed by atoms with Gasteiger partial charge in [-0.15, -0.1) is 0 Å². The zero-order chi connectivity index (χ0) is 12.5. The third-order valence-electron chi connectivity index (χ3n) is 3.76. The molecule has 1 aliphatic heterocycles. The second kappa shape index (κ2) is 4.77. The molecule has 0 aromatic heterocycles. The van der Waals surface area contributed by atoms with Crippen molar-refractivity contribution in [2.45, 2.75) is 26.2 Å². The minimum absolute atomic E-state index is 0.116. The van der Waals surface area contributed by atoms with Crippen LogP contribution in [0, 0.1) is 11.8 Å². The van der Waals surface area contributed by atoms with Crippen molar-refractivity contribution in [3.05, 3.63) is 35.9 Å². The van der Waals surface area contributed by atoms with Crippen molar-refractivity contribution in [1.29, 1.82) is 0 Å². The van der Waals surface area contributed by atoms with Gasteiger partial charge in [0.2, 0.25) is 0 Å². The first-order valence-electron chi connectivity index (χ1n) is 6.21. The zero-order valence-corrected chi connectivity index (χ0v) is 10.5. The zero-order valence-electron chi connectivity index (χ0n) is 10.5. The lowest BCUT2D eigenvalue weighted by atomic mass is 9.84. The van der Waals surface area contributed by atoms with Gasteiger partial charge in [-0.3, -0.25) is 4.90 Å². The van der Waals surface area contributed by atoms with E-state index in [1.807, 2.05) is 32.0 Å². The second-order valence-electron chi connectivity index (χ2n) is 5.26. The number of benzene rings is 1. The lowest BCUT2D eigenvalue weighted by molar-refractivity contribution is -0.252. The third-order valence-corrected chi connectivity index (χ3v) is 3.76. The maximum Gasteiger partial charge on any atom is 0.170 e. The number of nitrogens with zero attached hydrogens (tertiary/aromatic N) is 1. The molecular formula is C14H21NO2. The average Bonchev–Trinajstić information content (AvgIpc) is 2.28. The van der Waals surface area contributed by atoms with Crippen molar-refractivity contribution in [3.63, 3.8) is 0 Å². The molecule has 1 fully saturated rings. The SMILES string of the molecule is C[C@@H]1CN(Cc2ccccc2)C[C@H](C)C1(O)O. The van der Waals surface area contributed by atoms with Crippen LogP contribution < -0.4 is 0 Å². The van der Waals surface area contributed by atoms with Gasteiger partial charge in [0.25, 0.3) is 0 Å². The van der Waals surface area contributed by atoms with Crippen LogP contribution in [0.15, 0.2) is 30.3 Å². The summed E-state index contributed by atoms with van der Waals surface area (Å²) in [6.07, 6.45) is 0. The Morgan fingerprint density at radius 1 is 1.12 bits per heavy atom. The normalized spacial score (nSPS) is 29.2. The molecule has 94 valence electrons. The van der Waals surface area contributed by atoms with Gasteiger partial charge in [0, 0.05) is 31.5 Å². The first kappa shape index (κ1) is 12.6. The molecule has 3 nitrogen and oxygen atoms in total. The predicted molar refractivity (Wildman–Crippen MR) is 67.2 cm³/mol. The lowest BCUT2D eigenvalue weighted by Crippen LogP contribution is -2.56. The molecule has 0 spiro atoms. The molecule has 0 unspecified atom stereocenters. The number of likely N-dealkylation sites (tertiary alicyclic amines) is 1. The fourth-order valence-electron chi connectivity index (χ4n) is 2.57. The van der Waals surface area contributed by atoms with Gasteiger partial charge >= 0.3 is 0 Å². The van der Waals surface area contributed by atoms with E-state index in [-0.39, 0.29) is 11.8 Å². The third kappa shape index (κ3) is 2.68. The summed E-state index contributed by atoms with van der Waals surface area (Å²) in [7, 11) is 0. The maximum absolute atomic E-state index is 9.92. The molecular weight excluding hydrogens is 214 g/mol. The van der Waals surface area contributed by atoms with Crippen LogP contribution in [0.5, 0.6) is 0 Å². The van der Waals surface area contributed by atoms with Crippen LogP contribution in [0.25, 0.3) is 0 Å². The van der Waals surface area contributed by atoms with Crippen LogP contribution in [-0.4, -0.2) is 34.0 Å². The van der Waals surface area contributed by atoms with Gasteiger partial charge in [0.1, 0.15) is 0 Å². The Labute approximate surface area is 103 Å². The summed E-state index contributed by atoms with van der Waals surface area (Å²) < 4.78 is 0. The summed E-state index contributed by atoms with van der Waals surface area (Å²) in [4.78, 5) is 2.29. The summed E-state index contributed by atoms with van der Waals surface area (Å²) in [6.45, 7) is 6.13. The summed E-state index contributed by atoms with van der Waals surface area (Å²) >= 11 is 0. The van der Waals surface area contributed by atoms with Crippen molar-refractivity contribution < 1.29 is 10.2 Å². The monoisotopic (exact) mass is 235 g/mol. The topological polar surface area (TPSA) is 43.7 Å². The molecule has 1 heterocycles. The molecule has 0 aliphatic carbocycles. The van der Waals surface area contributed by atoms with E-state index in [1.54, 1.807) is 0 Å². The summed E-state index contributed by atoms with van der Waals surface area (Å²) in [5, 5.41) is 19.8. The van der Waals surface area contributed by atoms with Crippen LogP contribution in [0.4, 0.5) is 0 Å². The maximum atomic E-state index is 9.92. The molecule has 2 atom stereocenters. The lowest BCUT2D eigenvalue weighted by Gasteiger charge is -2.44. The van der Waals surface area contributed by atoms with E-state index in [4.69, 9.17) is 0 Å².